The monoisotopic (exact) mass is 234 g/mol. The van der Waals surface area contributed by atoms with Gasteiger partial charge in [-0.1, -0.05) is 51.7 Å². The lowest BCUT2D eigenvalue weighted by Crippen LogP contribution is -2.00. The lowest BCUT2D eigenvalue weighted by Gasteiger charge is -2.12. The van der Waals surface area contributed by atoms with Gasteiger partial charge >= 0.3 is 0 Å². The molecule has 0 bridgehead atoms. The molecule has 2 rings (SSSR count). The maximum absolute atomic E-state index is 13.7. The summed E-state index contributed by atoms with van der Waals surface area (Å²) in [5, 5.41) is 0. The van der Waals surface area contributed by atoms with E-state index in [1.54, 1.807) is 6.07 Å². The SMILES string of the molecule is CC(C)c1ccc(F)c(CCC2CCCC2)c1. The molecule has 0 unspecified atom stereocenters. The average molecular weight is 234 g/mol. The first-order valence-corrected chi connectivity index (χ1v) is 6.95. The molecular formula is C16H23F. The summed E-state index contributed by atoms with van der Waals surface area (Å²) in [5.74, 6) is 1.31. The average Bonchev–Trinajstić information content (AvgIpc) is 2.80. The van der Waals surface area contributed by atoms with Crippen LogP contribution in [-0.2, 0) is 6.42 Å². The molecule has 0 N–H and O–H groups in total. The van der Waals surface area contributed by atoms with Crippen molar-refractivity contribution >= 4 is 0 Å². The Hall–Kier alpha value is -0.850. The fourth-order valence-electron chi connectivity index (χ4n) is 2.80. The minimum atomic E-state index is -0.0209. The Bertz CT molecular complexity index is 362. The van der Waals surface area contributed by atoms with Gasteiger partial charge in [0.2, 0.25) is 0 Å². The van der Waals surface area contributed by atoms with Gasteiger partial charge in [-0.05, 0) is 41.9 Å². The minimum absolute atomic E-state index is 0.0209. The molecule has 0 aliphatic heterocycles. The van der Waals surface area contributed by atoms with Crippen molar-refractivity contribution in [3.63, 3.8) is 0 Å². The predicted octanol–water partition coefficient (Wildman–Crippen LogP) is 5.07. The second kappa shape index (κ2) is 5.66. The van der Waals surface area contributed by atoms with E-state index in [2.05, 4.69) is 19.9 Å². The summed E-state index contributed by atoms with van der Waals surface area (Å²) in [7, 11) is 0. The number of hydrogen-bond acceptors (Lipinski definition) is 0. The highest BCUT2D eigenvalue weighted by Gasteiger charge is 2.15. The van der Waals surface area contributed by atoms with Gasteiger partial charge in [0.15, 0.2) is 0 Å². The normalized spacial score (nSPS) is 16.9. The molecular weight excluding hydrogens is 211 g/mol. The molecule has 0 heterocycles. The van der Waals surface area contributed by atoms with Gasteiger partial charge in [0, 0.05) is 0 Å². The zero-order chi connectivity index (χ0) is 12.3. The first kappa shape index (κ1) is 12.6. The Labute approximate surface area is 104 Å². The molecule has 0 atom stereocenters. The highest BCUT2D eigenvalue weighted by atomic mass is 19.1. The number of aryl methyl sites for hydroxylation is 1. The van der Waals surface area contributed by atoms with Gasteiger partial charge < -0.3 is 0 Å². The summed E-state index contributed by atoms with van der Waals surface area (Å²) in [6.45, 7) is 4.32. The Balaban J connectivity index is 2.00. The molecule has 0 spiro atoms. The standard InChI is InChI=1S/C16H23F/c1-12(2)14-9-10-16(17)15(11-14)8-7-13-5-3-4-6-13/h9-13H,3-8H2,1-2H3. The van der Waals surface area contributed by atoms with Crippen LogP contribution in [0.25, 0.3) is 0 Å². The van der Waals surface area contributed by atoms with Gasteiger partial charge in [-0.15, -0.1) is 0 Å². The fraction of sp³-hybridized carbons (Fsp3) is 0.625. The van der Waals surface area contributed by atoms with Crippen LogP contribution in [0, 0.1) is 11.7 Å². The van der Waals surface area contributed by atoms with Crippen molar-refractivity contribution in [2.75, 3.05) is 0 Å². The van der Waals surface area contributed by atoms with Gasteiger partial charge in [-0.2, -0.15) is 0 Å². The van der Waals surface area contributed by atoms with Crippen LogP contribution >= 0.6 is 0 Å². The van der Waals surface area contributed by atoms with E-state index in [0.717, 1.165) is 17.9 Å². The topological polar surface area (TPSA) is 0 Å². The molecule has 1 heteroatoms. The number of rotatable bonds is 4. The van der Waals surface area contributed by atoms with Crippen molar-refractivity contribution in [3.05, 3.63) is 35.1 Å². The van der Waals surface area contributed by atoms with Gasteiger partial charge in [0.1, 0.15) is 5.82 Å². The third-order valence-corrected chi connectivity index (χ3v) is 4.03. The van der Waals surface area contributed by atoms with Gasteiger partial charge in [0.05, 0.1) is 0 Å². The molecule has 1 saturated carbocycles. The molecule has 1 aromatic rings. The number of benzene rings is 1. The van der Waals surface area contributed by atoms with E-state index < -0.39 is 0 Å². The third kappa shape index (κ3) is 3.31. The zero-order valence-electron chi connectivity index (χ0n) is 11.0. The molecule has 1 aromatic carbocycles. The summed E-state index contributed by atoms with van der Waals surface area (Å²) < 4.78 is 13.7. The molecule has 0 saturated heterocycles. The summed E-state index contributed by atoms with van der Waals surface area (Å²) in [6, 6.07) is 5.62. The van der Waals surface area contributed by atoms with Gasteiger partial charge in [-0.3, -0.25) is 0 Å². The zero-order valence-corrected chi connectivity index (χ0v) is 11.0. The fourth-order valence-corrected chi connectivity index (χ4v) is 2.80. The highest BCUT2D eigenvalue weighted by Crippen LogP contribution is 2.29. The molecule has 94 valence electrons. The summed E-state index contributed by atoms with van der Waals surface area (Å²) in [4.78, 5) is 0. The smallest absolute Gasteiger partial charge is 0.126 e. The molecule has 1 aliphatic carbocycles. The van der Waals surface area contributed by atoms with Gasteiger partial charge in [-0.25, -0.2) is 4.39 Å². The van der Waals surface area contributed by atoms with Crippen molar-refractivity contribution in [3.8, 4) is 0 Å². The molecule has 0 nitrogen and oxygen atoms in total. The van der Waals surface area contributed by atoms with E-state index in [9.17, 15) is 4.39 Å². The molecule has 0 amide bonds. The molecule has 17 heavy (non-hydrogen) atoms. The van der Waals surface area contributed by atoms with Crippen LogP contribution in [0.5, 0.6) is 0 Å². The second-order valence-electron chi connectivity index (χ2n) is 5.69. The van der Waals surface area contributed by atoms with Crippen LogP contribution in [0.1, 0.15) is 63.0 Å². The largest absolute Gasteiger partial charge is 0.207 e. The van der Waals surface area contributed by atoms with Crippen LogP contribution in [0.15, 0.2) is 18.2 Å². The summed E-state index contributed by atoms with van der Waals surface area (Å²) in [5.41, 5.74) is 2.18. The van der Waals surface area contributed by atoms with Crippen LogP contribution in [0.4, 0.5) is 4.39 Å². The van der Waals surface area contributed by atoms with Crippen molar-refractivity contribution in [2.45, 2.75) is 58.3 Å². The highest BCUT2D eigenvalue weighted by molar-refractivity contribution is 5.27. The van der Waals surface area contributed by atoms with Crippen molar-refractivity contribution in [1.82, 2.24) is 0 Å². The van der Waals surface area contributed by atoms with Crippen LogP contribution in [-0.4, -0.2) is 0 Å². The first-order chi connectivity index (χ1) is 8.16. The summed E-state index contributed by atoms with van der Waals surface area (Å²) >= 11 is 0. The van der Waals surface area contributed by atoms with Crippen molar-refractivity contribution in [2.24, 2.45) is 5.92 Å². The third-order valence-electron chi connectivity index (χ3n) is 4.03. The van der Waals surface area contributed by atoms with Crippen molar-refractivity contribution in [1.29, 1.82) is 0 Å². The summed E-state index contributed by atoms with van der Waals surface area (Å²) in [6.07, 6.45) is 7.53. The van der Waals surface area contributed by atoms with Crippen LogP contribution < -0.4 is 0 Å². The van der Waals surface area contributed by atoms with Crippen LogP contribution in [0.3, 0.4) is 0 Å². The number of hydrogen-bond donors (Lipinski definition) is 0. The predicted molar refractivity (Wildman–Crippen MR) is 70.8 cm³/mol. The molecule has 0 radical (unpaired) electrons. The lowest BCUT2D eigenvalue weighted by atomic mass is 9.94. The van der Waals surface area contributed by atoms with Crippen molar-refractivity contribution < 1.29 is 4.39 Å². The van der Waals surface area contributed by atoms with E-state index >= 15 is 0 Å². The van der Waals surface area contributed by atoms with E-state index in [1.165, 1.54) is 37.7 Å². The van der Waals surface area contributed by atoms with E-state index in [-0.39, 0.29) is 5.82 Å². The maximum Gasteiger partial charge on any atom is 0.126 e. The number of halogens is 1. The van der Waals surface area contributed by atoms with E-state index in [0.29, 0.717) is 5.92 Å². The molecule has 1 fully saturated rings. The quantitative estimate of drug-likeness (QED) is 0.682. The Morgan fingerprint density at radius 1 is 1.24 bits per heavy atom. The van der Waals surface area contributed by atoms with Gasteiger partial charge in [0.25, 0.3) is 0 Å². The minimum Gasteiger partial charge on any atom is -0.207 e. The maximum atomic E-state index is 13.7. The Kier molecular flexibility index (Phi) is 4.20. The van der Waals surface area contributed by atoms with Crippen LogP contribution in [0.2, 0.25) is 0 Å². The van der Waals surface area contributed by atoms with E-state index in [1.807, 2.05) is 6.07 Å². The molecule has 0 aromatic heterocycles. The molecule has 1 aliphatic rings. The van der Waals surface area contributed by atoms with E-state index in [4.69, 9.17) is 0 Å². The lowest BCUT2D eigenvalue weighted by molar-refractivity contribution is 0.494. The first-order valence-electron chi connectivity index (χ1n) is 6.95. The second-order valence-corrected chi connectivity index (χ2v) is 5.69. The Morgan fingerprint density at radius 2 is 1.94 bits per heavy atom. The Morgan fingerprint density at radius 3 is 2.59 bits per heavy atom.